The molecule has 2 fully saturated rings. The number of nitrogens with zero attached hydrogens (tertiary/aromatic N) is 5. The number of carbonyl (C=O) groups excluding carboxylic acids is 2. The molecule has 1 saturated carbocycles. The van der Waals surface area contributed by atoms with Crippen LogP contribution in [-0.4, -0.2) is 59.4 Å². The second-order valence-corrected chi connectivity index (χ2v) is 8.34. The molecule has 9 nitrogen and oxygen atoms in total. The van der Waals surface area contributed by atoms with Gasteiger partial charge in [-0.15, -0.1) is 0 Å². The van der Waals surface area contributed by atoms with Crippen molar-refractivity contribution in [3.05, 3.63) is 41.2 Å². The van der Waals surface area contributed by atoms with Crippen molar-refractivity contribution in [2.75, 3.05) is 35.7 Å². The predicted molar refractivity (Wildman–Crippen MR) is 111 cm³/mol. The number of hydrogen-bond donors (Lipinski definition) is 2. The van der Waals surface area contributed by atoms with Gasteiger partial charge in [-0.1, -0.05) is 0 Å². The lowest BCUT2D eigenvalue weighted by Gasteiger charge is -2.52. The third-order valence-electron chi connectivity index (χ3n) is 6.11. The molecule has 0 spiro atoms. The molecule has 10 heteroatoms. The lowest BCUT2D eigenvalue weighted by Crippen LogP contribution is -2.60. The van der Waals surface area contributed by atoms with E-state index in [2.05, 4.69) is 31.6 Å². The summed E-state index contributed by atoms with van der Waals surface area (Å²) in [7, 11) is 2.01. The van der Waals surface area contributed by atoms with Gasteiger partial charge < -0.3 is 10.2 Å². The minimum Gasteiger partial charge on any atom is -0.379 e. The van der Waals surface area contributed by atoms with Gasteiger partial charge in [-0.05, 0) is 19.2 Å². The van der Waals surface area contributed by atoms with E-state index in [4.69, 9.17) is 0 Å². The van der Waals surface area contributed by atoms with Gasteiger partial charge >= 0.3 is 6.03 Å². The zero-order valence-corrected chi connectivity index (χ0v) is 16.8. The zero-order chi connectivity index (χ0) is 21.8. The molecule has 6 rings (SSSR count). The zero-order valence-electron chi connectivity index (χ0n) is 16.8. The van der Waals surface area contributed by atoms with Gasteiger partial charge in [0.05, 0.1) is 17.3 Å². The summed E-state index contributed by atoms with van der Waals surface area (Å²) in [5.74, 6) is 0.431. The molecular weight excluding hydrogens is 401 g/mol. The summed E-state index contributed by atoms with van der Waals surface area (Å²) in [6.45, 7) is 1.72. The lowest BCUT2D eigenvalue weighted by molar-refractivity contribution is 0.0284. The van der Waals surface area contributed by atoms with Gasteiger partial charge in [0.15, 0.2) is 6.29 Å². The molecule has 2 bridgehead atoms. The lowest BCUT2D eigenvalue weighted by atomic mass is 9.69. The smallest absolute Gasteiger partial charge is 0.328 e. The van der Waals surface area contributed by atoms with Gasteiger partial charge in [-0.2, -0.15) is 5.26 Å². The molecule has 3 aliphatic heterocycles. The van der Waals surface area contributed by atoms with Crippen LogP contribution in [0.25, 0.3) is 0 Å². The topological polar surface area (TPSA) is 114 Å². The molecule has 0 aromatic carbocycles. The van der Waals surface area contributed by atoms with Crippen LogP contribution in [0.2, 0.25) is 0 Å². The van der Waals surface area contributed by atoms with E-state index in [1.54, 1.807) is 6.07 Å². The van der Waals surface area contributed by atoms with E-state index in [0.717, 1.165) is 13.1 Å². The highest BCUT2D eigenvalue weighted by Crippen LogP contribution is 2.55. The molecule has 0 atom stereocenters. The minimum atomic E-state index is -1.51. The molecule has 158 valence electrons. The molecule has 5 heterocycles. The van der Waals surface area contributed by atoms with E-state index in [9.17, 15) is 14.9 Å². The number of aldehydes is 1. The van der Waals surface area contributed by atoms with Crippen molar-refractivity contribution in [2.45, 2.75) is 30.6 Å². The molecule has 1 aliphatic carbocycles. The van der Waals surface area contributed by atoms with Crippen LogP contribution in [0.3, 0.4) is 0 Å². The Labute approximate surface area is 177 Å². The number of likely N-dealkylation sites (tertiary alicyclic amines) is 1. The number of pyridine rings is 2. The average molecular weight is 421 g/mol. The Hall–Kier alpha value is -3.58. The molecule has 31 heavy (non-hydrogen) atoms. The first kappa shape index (κ1) is 19.4. The second-order valence-electron chi connectivity index (χ2n) is 8.34. The first-order chi connectivity index (χ1) is 14.9. The molecule has 4 aliphatic rings. The fourth-order valence-electron chi connectivity index (χ4n) is 4.50. The highest BCUT2D eigenvalue weighted by atomic mass is 19.1. The highest BCUT2D eigenvalue weighted by Gasteiger charge is 2.57. The number of urea groups is 1. The van der Waals surface area contributed by atoms with Gasteiger partial charge in [-0.25, -0.2) is 19.2 Å². The maximum atomic E-state index is 15.0. The van der Waals surface area contributed by atoms with Crippen molar-refractivity contribution in [1.29, 1.82) is 5.26 Å². The quantitative estimate of drug-likeness (QED) is 0.728. The molecule has 2 aromatic heterocycles. The molecule has 2 amide bonds. The number of halogens is 1. The van der Waals surface area contributed by atoms with E-state index < -0.39 is 11.7 Å². The maximum Gasteiger partial charge on any atom is 0.328 e. The third-order valence-corrected chi connectivity index (χ3v) is 6.11. The number of nitrogens with one attached hydrogen (secondary N) is 2. The van der Waals surface area contributed by atoms with Crippen molar-refractivity contribution >= 4 is 29.6 Å². The number of hydrogen-bond acceptors (Lipinski definition) is 7. The normalized spacial score (nSPS) is 24.3. The maximum absolute atomic E-state index is 15.0. The van der Waals surface area contributed by atoms with Gasteiger partial charge in [0.25, 0.3) is 0 Å². The van der Waals surface area contributed by atoms with E-state index in [-0.39, 0.29) is 42.3 Å². The monoisotopic (exact) mass is 421 g/mol. The first-order valence-corrected chi connectivity index (χ1v) is 10.0. The number of alkyl halides is 1. The fourth-order valence-corrected chi connectivity index (χ4v) is 4.50. The number of nitriles is 1. The fraction of sp³-hybridized carbons (Fsp3) is 0.381. The summed E-state index contributed by atoms with van der Waals surface area (Å²) in [4.78, 5) is 36.1. The first-order valence-electron chi connectivity index (χ1n) is 10.0. The standard InChI is InChI=1S/C21H20FN7O2/c1-28-9-14(10-28)25-17-4-18(24-8-12(17)7-23)27-20(31)29-15-5-21(22,6-15)16-3-2-13(11-30)26-19(16)29/h2-4,8,11,14-15H,5-6,9-10H2,1H3,(H2,24,25,27,31). The van der Waals surface area contributed by atoms with Gasteiger partial charge in [0, 0.05) is 49.8 Å². The Balaban J connectivity index is 1.40. The summed E-state index contributed by atoms with van der Waals surface area (Å²) in [6.07, 6.45) is 2.36. The third kappa shape index (κ3) is 3.18. The van der Waals surface area contributed by atoms with Crippen molar-refractivity contribution in [3.8, 4) is 6.07 Å². The van der Waals surface area contributed by atoms with E-state index in [1.807, 2.05) is 7.05 Å². The SMILES string of the molecule is CN1CC(Nc2cc(NC(=O)N3c4nc(C=O)ccc4C4(F)CC3C4)ncc2C#N)C1. The van der Waals surface area contributed by atoms with E-state index >= 15 is 4.39 Å². The predicted octanol–water partition coefficient (Wildman–Crippen LogP) is 2.27. The Morgan fingerprint density at radius 3 is 2.84 bits per heavy atom. The number of amides is 2. The van der Waals surface area contributed by atoms with Crippen molar-refractivity contribution < 1.29 is 14.0 Å². The molecule has 2 aromatic rings. The van der Waals surface area contributed by atoms with Crippen LogP contribution in [0.5, 0.6) is 0 Å². The number of anilines is 3. The molecule has 2 N–H and O–H groups in total. The van der Waals surface area contributed by atoms with Crippen LogP contribution in [0.15, 0.2) is 24.4 Å². The van der Waals surface area contributed by atoms with Crippen LogP contribution < -0.4 is 15.5 Å². The number of rotatable bonds is 4. The van der Waals surface area contributed by atoms with E-state index in [0.29, 0.717) is 23.1 Å². The summed E-state index contributed by atoms with van der Waals surface area (Å²) >= 11 is 0. The summed E-state index contributed by atoms with van der Waals surface area (Å²) in [5, 5.41) is 15.4. The highest BCUT2D eigenvalue weighted by molar-refractivity contribution is 6.03. The van der Waals surface area contributed by atoms with E-state index in [1.165, 1.54) is 23.2 Å². The summed E-state index contributed by atoms with van der Waals surface area (Å²) in [5.41, 5.74) is -0.0766. The van der Waals surface area contributed by atoms with Gasteiger partial charge in [0.1, 0.15) is 29.1 Å². The average Bonchev–Trinajstić information content (AvgIpc) is 2.71. The van der Waals surface area contributed by atoms with Crippen molar-refractivity contribution in [1.82, 2.24) is 14.9 Å². The van der Waals surface area contributed by atoms with Crippen molar-refractivity contribution in [2.24, 2.45) is 0 Å². The van der Waals surface area contributed by atoms with Gasteiger partial charge in [0.2, 0.25) is 0 Å². The Morgan fingerprint density at radius 1 is 1.39 bits per heavy atom. The second kappa shape index (κ2) is 6.99. The van der Waals surface area contributed by atoms with Crippen molar-refractivity contribution in [3.63, 3.8) is 0 Å². The van der Waals surface area contributed by atoms with Gasteiger partial charge in [-0.3, -0.25) is 15.0 Å². The Morgan fingerprint density at radius 2 is 2.16 bits per heavy atom. The minimum absolute atomic E-state index is 0.134. The summed E-state index contributed by atoms with van der Waals surface area (Å²) < 4.78 is 15.0. The molecule has 0 radical (unpaired) electrons. The number of aromatic nitrogens is 2. The van der Waals surface area contributed by atoms with Crippen LogP contribution in [0.4, 0.5) is 26.5 Å². The largest absolute Gasteiger partial charge is 0.379 e. The van der Waals surface area contributed by atoms with Crippen LogP contribution in [-0.2, 0) is 5.67 Å². The Kier molecular flexibility index (Phi) is 4.37. The number of likely N-dealkylation sites (N-methyl/N-ethyl adjacent to an activating group) is 1. The van der Waals surface area contributed by atoms with Crippen LogP contribution >= 0.6 is 0 Å². The number of carbonyl (C=O) groups is 2. The molecular formula is C21H20FN7O2. The van der Waals surface area contributed by atoms with Crippen LogP contribution in [0, 0.1) is 11.3 Å². The molecule has 1 saturated heterocycles. The summed E-state index contributed by atoms with van der Waals surface area (Å²) in [6, 6.07) is 6.08. The Bertz CT molecular complexity index is 1120. The van der Waals surface area contributed by atoms with Crippen LogP contribution in [0.1, 0.15) is 34.5 Å². The molecule has 0 unspecified atom stereocenters.